The summed E-state index contributed by atoms with van der Waals surface area (Å²) in [6.07, 6.45) is 3.27. The predicted molar refractivity (Wildman–Crippen MR) is 86.5 cm³/mol. The molecule has 1 aromatic rings. The van der Waals surface area contributed by atoms with Gasteiger partial charge in [0.05, 0.1) is 0 Å². The van der Waals surface area contributed by atoms with Crippen molar-refractivity contribution in [2.75, 3.05) is 0 Å². The van der Waals surface area contributed by atoms with Gasteiger partial charge in [-0.25, -0.2) is 4.39 Å². The molecule has 0 N–H and O–H groups in total. The molecule has 22 heavy (non-hydrogen) atoms. The molecule has 0 saturated heterocycles. The maximum Gasteiger partial charge on any atom is 0.201 e. The molecule has 0 amide bonds. The summed E-state index contributed by atoms with van der Waals surface area (Å²) in [4.78, 5) is 0. The quantitative estimate of drug-likeness (QED) is 0.687. The Morgan fingerprint density at radius 3 is 2.32 bits per heavy atom. The fourth-order valence-corrected chi connectivity index (χ4v) is 3.32. The second kappa shape index (κ2) is 5.82. The second-order valence-electron chi connectivity index (χ2n) is 8.19. The highest BCUT2D eigenvalue weighted by Gasteiger charge is 2.35. The molecule has 1 unspecified atom stereocenters. The third-order valence-corrected chi connectivity index (χ3v) is 4.74. The maximum absolute atomic E-state index is 14.6. The maximum atomic E-state index is 14.6. The Kier molecular flexibility index (Phi) is 4.56. The van der Waals surface area contributed by atoms with Gasteiger partial charge in [0.15, 0.2) is 11.6 Å². The first-order chi connectivity index (χ1) is 10.1. The van der Waals surface area contributed by atoms with Crippen molar-refractivity contribution in [3.63, 3.8) is 0 Å². The van der Waals surface area contributed by atoms with Crippen molar-refractivity contribution in [2.24, 2.45) is 5.41 Å². The molecule has 0 saturated carbocycles. The predicted octanol–water partition coefficient (Wildman–Crippen LogP) is 5.78. The number of fused-ring (bicyclic) bond motifs is 1. The van der Waals surface area contributed by atoms with Crippen LogP contribution in [0.5, 0.6) is 5.75 Å². The van der Waals surface area contributed by atoms with E-state index in [1.165, 1.54) is 0 Å². The van der Waals surface area contributed by atoms with E-state index in [0.717, 1.165) is 31.2 Å². The first-order valence-electron chi connectivity index (χ1n) is 8.26. The number of hydrogen-bond donors (Lipinski definition) is 0. The molecule has 1 aromatic carbocycles. The van der Waals surface area contributed by atoms with E-state index in [1.807, 2.05) is 19.9 Å². The van der Waals surface area contributed by atoms with Gasteiger partial charge < -0.3 is 4.74 Å². The molecule has 1 aliphatic heterocycles. The topological polar surface area (TPSA) is 9.23 Å². The molecule has 1 atom stereocenters. The highest BCUT2D eigenvalue weighted by Crippen LogP contribution is 2.41. The van der Waals surface area contributed by atoms with Crippen molar-refractivity contribution < 1.29 is 13.5 Å². The fourth-order valence-electron chi connectivity index (χ4n) is 3.32. The van der Waals surface area contributed by atoms with Gasteiger partial charge in [0.1, 0.15) is 6.10 Å². The summed E-state index contributed by atoms with van der Waals surface area (Å²) >= 11 is 0. The number of benzene rings is 1. The van der Waals surface area contributed by atoms with Crippen LogP contribution < -0.4 is 4.74 Å². The Balaban J connectivity index is 2.45. The third kappa shape index (κ3) is 3.13. The lowest BCUT2D eigenvalue weighted by Gasteiger charge is -2.36. The van der Waals surface area contributed by atoms with E-state index in [9.17, 15) is 8.78 Å². The molecule has 1 aliphatic rings. The lowest BCUT2D eigenvalue weighted by molar-refractivity contribution is 0.0620. The summed E-state index contributed by atoms with van der Waals surface area (Å²) in [6.45, 7) is 12.2. The van der Waals surface area contributed by atoms with Crippen LogP contribution in [0.2, 0.25) is 0 Å². The first-order valence-corrected chi connectivity index (χ1v) is 8.26. The van der Waals surface area contributed by atoms with Gasteiger partial charge in [-0.3, -0.25) is 0 Å². The number of hydrogen-bond acceptors (Lipinski definition) is 1. The van der Waals surface area contributed by atoms with E-state index in [2.05, 4.69) is 27.7 Å². The Hall–Kier alpha value is -1.12. The lowest BCUT2D eigenvalue weighted by Crippen LogP contribution is -2.36. The summed E-state index contributed by atoms with van der Waals surface area (Å²) in [7, 11) is 0. The molecule has 1 heterocycles. The summed E-state index contributed by atoms with van der Waals surface area (Å²) in [5.74, 6) is -1.43. The monoisotopic (exact) mass is 310 g/mol. The zero-order chi connectivity index (χ0) is 16.7. The average molecular weight is 310 g/mol. The zero-order valence-corrected chi connectivity index (χ0v) is 14.6. The van der Waals surface area contributed by atoms with Crippen molar-refractivity contribution in [3.8, 4) is 5.75 Å². The van der Waals surface area contributed by atoms with E-state index >= 15 is 0 Å². The Morgan fingerprint density at radius 2 is 1.77 bits per heavy atom. The van der Waals surface area contributed by atoms with Crippen LogP contribution in [0.15, 0.2) is 6.07 Å². The van der Waals surface area contributed by atoms with Gasteiger partial charge in [0.2, 0.25) is 5.82 Å². The minimum Gasteiger partial charge on any atom is -0.486 e. The standard InChI is InChI=1S/C19H28F2O/c1-7-10-19(5,6)13-11-12-8-9-14(18(2,3)4)22-17(12)16(21)15(13)20/h11,14H,7-10H2,1-6H3. The SMILES string of the molecule is CCCC(C)(C)c1cc2c(c(F)c1F)OC(C(C)(C)C)CC2. The molecule has 0 fully saturated rings. The molecule has 0 bridgehead atoms. The normalized spacial score (nSPS) is 18.8. The lowest BCUT2D eigenvalue weighted by atomic mass is 9.78. The molecule has 0 aliphatic carbocycles. The van der Waals surface area contributed by atoms with Gasteiger partial charge in [-0.15, -0.1) is 0 Å². The number of halogens is 2. The van der Waals surface area contributed by atoms with Crippen molar-refractivity contribution in [3.05, 3.63) is 28.8 Å². The first kappa shape index (κ1) is 17.2. The van der Waals surface area contributed by atoms with Crippen LogP contribution in [0.1, 0.15) is 71.9 Å². The largest absolute Gasteiger partial charge is 0.486 e. The Labute approximate surface area is 133 Å². The summed E-state index contributed by atoms with van der Waals surface area (Å²) in [5.41, 5.74) is 0.832. The van der Waals surface area contributed by atoms with E-state index < -0.39 is 11.6 Å². The molecular weight excluding hydrogens is 282 g/mol. The minimum absolute atomic E-state index is 0.0802. The Bertz CT molecular complexity index is 556. The number of ether oxygens (including phenoxy) is 1. The van der Waals surface area contributed by atoms with Crippen LogP contribution in [0, 0.1) is 17.0 Å². The van der Waals surface area contributed by atoms with Crippen molar-refractivity contribution in [2.45, 2.75) is 78.7 Å². The van der Waals surface area contributed by atoms with E-state index in [4.69, 9.17) is 4.74 Å². The van der Waals surface area contributed by atoms with Gasteiger partial charge in [0, 0.05) is 0 Å². The van der Waals surface area contributed by atoms with Gasteiger partial charge in [-0.05, 0) is 47.3 Å². The molecule has 2 rings (SSSR count). The summed E-state index contributed by atoms with van der Waals surface area (Å²) < 4.78 is 35.0. The van der Waals surface area contributed by atoms with E-state index in [0.29, 0.717) is 5.56 Å². The summed E-state index contributed by atoms with van der Waals surface area (Å²) in [6, 6.07) is 1.82. The van der Waals surface area contributed by atoms with Crippen molar-refractivity contribution in [1.29, 1.82) is 0 Å². The molecule has 124 valence electrons. The highest BCUT2D eigenvalue weighted by molar-refractivity contribution is 5.44. The summed E-state index contributed by atoms with van der Waals surface area (Å²) in [5, 5.41) is 0. The third-order valence-electron chi connectivity index (χ3n) is 4.74. The van der Waals surface area contributed by atoms with Crippen LogP contribution in [-0.4, -0.2) is 6.10 Å². The number of aryl methyl sites for hydroxylation is 1. The molecule has 0 spiro atoms. The average Bonchev–Trinajstić information content (AvgIpc) is 2.41. The van der Waals surface area contributed by atoms with Gasteiger partial charge >= 0.3 is 0 Å². The van der Waals surface area contributed by atoms with E-state index in [-0.39, 0.29) is 22.7 Å². The molecule has 0 aromatic heterocycles. The van der Waals surface area contributed by atoms with Crippen molar-refractivity contribution >= 4 is 0 Å². The van der Waals surface area contributed by atoms with Crippen LogP contribution in [0.3, 0.4) is 0 Å². The minimum atomic E-state index is -0.814. The number of rotatable bonds is 3. The fraction of sp³-hybridized carbons (Fsp3) is 0.684. The second-order valence-corrected chi connectivity index (χ2v) is 8.19. The van der Waals surface area contributed by atoms with Crippen LogP contribution in [0.4, 0.5) is 8.78 Å². The van der Waals surface area contributed by atoms with Crippen LogP contribution >= 0.6 is 0 Å². The molecule has 1 nitrogen and oxygen atoms in total. The zero-order valence-electron chi connectivity index (χ0n) is 14.6. The van der Waals surface area contributed by atoms with Gasteiger partial charge in [0.25, 0.3) is 0 Å². The van der Waals surface area contributed by atoms with Crippen molar-refractivity contribution in [1.82, 2.24) is 0 Å². The Morgan fingerprint density at radius 1 is 1.14 bits per heavy atom. The molecule has 3 heteroatoms. The van der Waals surface area contributed by atoms with Gasteiger partial charge in [-0.1, -0.05) is 48.0 Å². The van der Waals surface area contributed by atoms with Crippen LogP contribution in [0.25, 0.3) is 0 Å². The molecular formula is C19H28F2O. The smallest absolute Gasteiger partial charge is 0.201 e. The van der Waals surface area contributed by atoms with Crippen LogP contribution in [-0.2, 0) is 11.8 Å². The van der Waals surface area contributed by atoms with E-state index in [1.54, 1.807) is 0 Å². The highest BCUT2D eigenvalue weighted by atomic mass is 19.2. The molecule has 0 radical (unpaired) electrons. The van der Waals surface area contributed by atoms with Gasteiger partial charge in [-0.2, -0.15) is 4.39 Å².